The van der Waals surface area contributed by atoms with Crippen molar-refractivity contribution in [2.24, 2.45) is 0 Å². The van der Waals surface area contributed by atoms with Crippen LogP contribution in [0, 0.1) is 13.8 Å². The Kier molecular flexibility index (Phi) is 39.0. The van der Waals surface area contributed by atoms with E-state index in [2.05, 4.69) is 92.7 Å². The number of hydrogen-bond acceptors (Lipinski definition) is 0. The van der Waals surface area contributed by atoms with Gasteiger partial charge in [0.05, 0.1) is 0 Å². The van der Waals surface area contributed by atoms with Crippen molar-refractivity contribution in [3.05, 3.63) is 99.8 Å². The molecule has 0 saturated carbocycles. The molecule has 0 aromatic heterocycles. The van der Waals surface area contributed by atoms with Crippen LogP contribution in [0.2, 0.25) is 0 Å². The molecule has 3 rings (SSSR count). The molecule has 0 radical (unpaired) electrons. The number of benzene rings is 2. The van der Waals surface area contributed by atoms with Gasteiger partial charge in [-0.15, -0.1) is 0 Å². The zero-order chi connectivity index (χ0) is 45.8. The van der Waals surface area contributed by atoms with Crippen LogP contribution in [0.25, 0.3) is 16.9 Å². The molecule has 0 unspecified atom stereocenters. The van der Waals surface area contributed by atoms with Gasteiger partial charge in [-0.2, -0.15) is 13.8 Å². The standard InChI is InChI=1S/C56H92N2.2C2H5.Ni/c1-8-15-22-24-26-32-39-53-46(35-28-17-10-3)41-51(42-47(53)36-29-18-11-4)55-45-50(34-21-14-7)56(58(55)57)52-43-48(37-30-19-12-5)54(40-33-27-25-23-16-9-2)49(44-52)38-31-20-13-6;2*1-2;/h41-45H,8-40H2,1-7H3;2*1H2,2H3;/q;2*-1;+2. The molecular weight excluding hydrogens is 807 g/mol. The Morgan fingerprint density at radius 1 is 0.365 bits per heavy atom. The molecule has 2 nitrogen and oxygen atoms in total. The number of allylic oxidation sites excluding steroid dienone is 2. The van der Waals surface area contributed by atoms with Gasteiger partial charge in [-0.1, -0.05) is 170 Å². The average Bonchev–Trinajstić information content (AvgIpc) is 3.63. The van der Waals surface area contributed by atoms with E-state index in [1.54, 1.807) is 51.9 Å². The second-order valence-electron chi connectivity index (χ2n) is 18.2. The molecule has 0 aliphatic carbocycles. The van der Waals surface area contributed by atoms with Crippen molar-refractivity contribution >= 4 is 11.4 Å². The molecule has 1 aliphatic rings. The minimum absolute atomic E-state index is 0. The Labute approximate surface area is 404 Å². The van der Waals surface area contributed by atoms with Crippen molar-refractivity contribution in [3.63, 3.8) is 0 Å². The first-order valence-corrected chi connectivity index (χ1v) is 27.1. The van der Waals surface area contributed by atoms with Crippen molar-refractivity contribution in [3.8, 4) is 0 Å². The molecule has 3 heteroatoms. The zero-order valence-corrected chi connectivity index (χ0v) is 44.3. The van der Waals surface area contributed by atoms with Gasteiger partial charge in [-0.3, -0.25) is 0 Å². The molecule has 0 amide bonds. The van der Waals surface area contributed by atoms with Crippen LogP contribution >= 0.6 is 0 Å². The second-order valence-corrected chi connectivity index (χ2v) is 18.2. The van der Waals surface area contributed by atoms with E-state index in [1.165, 1.54) is 184 Å². The summed E-state index contributed by atoms with van der Waals surface area (Å²) in [6, 6.07) is 10.1. The average molecular weight is 910 g/mol. The predicted octanol–water partition coefficient (Wildman–Crippen LogP) is 20.1. The molecule has 362 valence electrons. The van der Waals surface area contributed by atoms with Gasteiger partial charge < -0.3 is 19.4 Å². The maximum absolute atomic E-state index is 12.6. The van der Waals surface area contributed by atoms with Crippen LogP contribution in [0.15, 0.2) is 35.9 Å². The van der Waals surface area contributed by atoms with Crippen LogP contribution in [0.3, 0.4) is 0 Å². The normalized spacial score (nSPS) is 12.2. The van der Waals surface area contributed by atoms with Crippen LogP contribution in [-0.4, -0.2) is 4.70 Å². The summed E-state index contributed by atoms with van der Waals surface area (Å²) in [5.74, 6) is 0. The largest absolute Gasteiger partial charge is 2.00 e. The van der Waals surface area contributed by atoms with E-state index >= 15 is 0 Å². The van der Waals surface area contributed by atoms with E-state index in [4.69, 9.17) is 0 Å². The Bertz CT molecular complexity index is 1450. The molecule has 0 fully saturated rings. The molecule has 1 aliphatic heterocycles. The second kappa shape index (κ2) is 40.3. The molecule has 63 heavy (non-hydrogen) atoms. The maximum atomic E-state index is 12.6. The van der Waals surface area contributed by atoms with Gasteiger partial charge in [0.15, 0.2) is 0 Å². The van der Waals surface area contributed by atoms with Gasteiger partial charge in [0.1, 0.15) is 0 Å². The first-order valence-electron chi connectivity index (χ1n) is 27.1. The smallest absolute Gasteiger partial charge is 0.493 e. The van der Waals surface area contributed by atoms with Crippen LogP contribution in [0.4, 0.5) is 0 Å². The topological polar surface area (TPSA) is 25.3 Å². The van der Waals surface area contributed by atoms with Crippen molar-refractivity contribution in [2.45, 2.75) is 274 Å². The predicted molar refractivity (Wildman–Crippen MR) is 280 cm³/mol. The van der Waals surface area contributed by atoms with Crippen molar-refractivity contribution < 1.29 is 21.2 Å². The fourth-order valence-corrected chi connectivity index (χ4v) is 9.46. The van der Waals surface area contributed by atoms with Gasteiger partial charge >= 0.3 is 16.5 Å². The molecule has 0 atom stereocenters. The zero-order valence-electron chi connectivity index (χ0n) is 43.3. The first-order chi connectivity index (χ1) is 30.5. The number of nitrogens with zero attached hydrogens (tertiary/aromatic N) is 2. The molecule has 1 heterocycles. The van der Waals surface area contributed by atoms with Gasteiger partial charge in [0, 0.05) is 22.8 Å². The van der Waals surface area contributed by atoms with Crippen LogP contribution in [-0.2, 0) is 55.0 Å². The summed E-state index contributed by atoms with van der Waals surface area (Å²) >= 11 is 0. The molecular formula is C60H102N2Ni. The third-order valence-corrected chi connectivity index (χ3v) is 13.1. The summed E-state index contributed by atoms with van der Waals surface area (Å²) in [6.45, 7) is 26.2. The molecule has 2 aromatic rings. The monoisotopic (exact) mass is 909 g/mol. The van der Waals surface area contributed by atoms with Gasteiger partial charge in [-0.25, -0.2) is 4.70 Å². The quantitative estimate of drug-likeness (QED) is 0.0285. The van der Waals surface area contributed by atoms with E-state index < -0.39 is 0 Å². The molecule has 0 bridgehead atoms. The minimum atomic E-state index is 0. The first kappa shape index (κ1) is 61.0. The summed E-state index contributed by atoms with van der Waals surface area (Å²) < 4.78 is 1.65. The SMILES string of the molecule is CCCCCCCCc1c(CCCCC)cc(C2=CC(CCCC)=C(c3cc(CCCCC)c(CCCCCCCC)c(CCCCC)c3)[N+]2=[N-])cc1CCCCC.[CH2-]C.[CH2-]C.[Ni+2]. The molecule has 0 saturated heterocycles. The van der Waals surface area contributed by atoms with Gasteiger partial charge in [0.25, 0.3) is 0 Å². The maximum Gasteiger partial charge on any atom is 2.00 e. The summed E-state index contributed by atoms with van der Waals surface area (Å²) in [5, 5.41) is 0. The van der Waals surface area contributed by atoms with Crippen molar-refractivity contribution in [1.29, 1.82) is 0 Å². The summed E-state index contributed by atoms with van der Waals surface area (Å²) in [5.41, 5.74) is 27.9. The van der Waals surface area contributed by atoms with Gasteiger partial charge in [0.2, 0.25) is 11.4 Å². The van der Waals surface area contributed by atoms with Crippen molar-refractivity contribution in [1.82, 2.24) is 0 Å². The van der Waals surface area contributed by atoms with Crippen LogP contribution in [0.5, 0.6) is 0 Å². The van der Waals surface area contributed by atoms with E-state index in [-0.39, 0.29) is 16.5 Å². The Morgan fingerprint density at radius 3 is 1.00 bits per heavy atom. The Morgan fingerprint density at radius 2 is 0.651 bits per heavy atom. The summed E-state index contributed by atoms with van der Waals surface area (Å²) in [6.07, 6.45) is 43.9. The molecule has 0 N–H and O–H groups in total. The van der Waals surface area contributed by atoms with Gasteiger partial charge in [-0.05, 0) is 148 Å². The fraction of sp³-hybridized carbons (Fsp3) is 0.700. The summed E-state index contributed by atoms with van der Waals surface area (Å²) in [7, 11) is 0. The minimum Gasteiger partial charge on any atom is -0.493 e. The number of hydrogen-bond donors (Lipinski definition) is 0. The number of unbranched alkanes of at least 4 members (excludes halogenated alkanes) is 19. The van der Waals surface area contributed by atoms with E-state index in [0.717, 1.165) is 56.3 Å². The third kappa shape index (κ3) is 22.9. The Hall–Kier alpha value is -1.99. The van der Waals surface area contributed by atoms with Crippen LogP contribution < -0.4 is 0 Å². The van der Waals surface area contributed by atoms with E-state index in [1.807, 2.05) is 0 Å². The molecule has 2 aromatic carbocycles. The number of rotatable bonds is 35. The van der Waals surface area contributed by atoms with E-state index in [9.17, 15) is 5.53 Å². The molecule has 0 spiro atoms. The van der Waals surface area contributed by atoms with Crippen molar-refractivity contribution in [2.75, 3.05) is 0 Å². The third-order valence-electron chi connectivity index (χ3n) is 13.1. The van der Waals surface area contributed by atoms with E-state index in [0.29, 0.717) is 0 Å². The van der Waals surface area contributed by atoms with Crippen LogP contribution in [0.1, 0.15) is 280 Å². The fourth-order valence-electron chi connectivity index (χ4n) is 9.46. The number of aryl methyl sites for hydroxylation is 4. The summed E-state index contributed by atoms with van der Waals surface area (Å²) in [4.78, 5) is 0. The Balaban J connectivity index is 0.00000746.